The van der Waals surface area contributed by atoms with Gasteiger partial charge in [-0.3, -0.25) is 0 Å². The van der Waals surface area contributed by atoms with Crippen LogP contribution in [0.2, 0.25) is 0 Å². The summed E-state index contributed by atoms with van der Waals surface area (Å²) in [5.41, 5.74) is 3.21. The Morgan fingerprint density at radius 3 is 2.63 bits per heavy atom. The third-order valence-electron chi connectivity index (χ3n) is 4.18. The molecule has 4 nitrogen and oxygen atoms in total. The highest BCUT2D eigenvalue weighted by atomic mass is 35.5. The molecule has 5 heteroatoms. The van der Waals surface area contributed by atoms with E-state index in [2.05, 4.69) is 21.3 Å². The van der Waals surface area contributed by atoms with Crippen molar-refractivity contribution in [2.75, 3.05) is 0 Å². The normalized spacial score (nSPS) is 17.4. The lowest BCUT2D eigenvalue weighted by atomic mass is 9.95. The summed E-state index contributed by atoms with van der Waals surface area (Å²) >= 11 is 6.11. The SMILES string of the molecule is CCn1nc(C)c2nc(CCl)n(C3CCCCC3)c21. The molecule has 2 aromatic heterocycles. The number of alkyl halides is 1. The van der Waals surface area contributed by atoms with Crippen molar-refractivity contribution in [3.63, 3.8) is 0 Å². The molecule has 0 saturated heterocycles. The summed E-state index contributed by atoms with van der Waals surface area (Å²) in [7, 11) is 0. The minimum atomic E-state index is 0.480. The summed E-state index contributed by atoms with van der Waals surface area (Å²) in [5.74, 6) is 1.49. The molecule has 0 N–H and O–H groups in total. The van der Waals surface area contributed by atoms with Gasteiger partial charge >= 0.3 is 0 Å². The van der Waals surface area contributed by atoms with Crippen LogP contribution in [0.5, 0.6) is 0 Å². The first-order valence-electron chi connectivity index (χ1n) is 7.26. The predicted octanol–water partition coefficient (Wildman–Crippen LogP) is 3.81. The molecule has 0 amide bonds. The predicted molar refractivity (Wildman–Crippen MR) is 77.6 cm³/mol. The Bertz CT molecular complexity index is 578. The van der Waals surface area contributed by atoms with Gasteiger partial charge in [0, 0.05) is 12.6 Å². The second-order valence-corrected chi connectivity index (χ2v) is 5.66. The first kappa shape index (κ1) is 13.0. The standard InChI is InChI=1S/C14H21ClN4/c1-3-18-14-13(10(2)17-18)16-12(9-15)19(14)11-7-5-4-6-8-11/h11H,3-9H2,1-2H3. The highest BCUT2D eigenvalue weighted by Crippen LogP contribution is 2.33. The Labute approximate surface area is 118 Å². The number of hydrogen-bond donors (Lipinski definition) is 0. The second kappa shape index (κ2) is 5.16. The van der Waals surface area contributed by atoms with Crippen molar-refractivity contribution in [1.29, 1.82) is 0 Å². The number of hydrogen-bond acceptors (Lipinski definition) is 2. The number of aryl methyl sites for hydroxylation is 2. The third-order valence-corrected chi connectivity index (χ3v) is 4.41. The van der Waals surface area contributed by atoms with Gasteiger partial charge in [0.1, 0.15) is 11.3 Å². The van der Waals surface area contributed by atoms with Crippen LogP contribution in [0, 0.1) is 6.92 Å². The maximum absolute atomic E-state index is 6.11. The average molecular weight is 281 g/mol. The Morgan fingerprint density at radius 2 is 2.00 bits per heavy atom. The lowest BCUT2D eigenvalue weighted by Crippen LogP contribution is -2.17. The molecule has 0 aliphatic heterocycles. The van der Waals surface area contributed by atoms with Crippen LogP contribution in [0.15, 0.2) is 0 Å². The lowest BCUT2D eigenvalue weighted by Gasteiger charge is -2.25. The van der Waals surface area contributed by atoms with Gasteiger partial charge in [-0.15, -0.1) is 11.6 Å². The molecule has 1 fully saturated rings. The van der Waals surface area contributed by atoms with Gasteiger partial charge in [-0.05, 0) is 26.7 Å². The van der Waals surface area contributed by atoms with Gasteiger partial charge in [-0.1, -0.05) is 19.3 Å². The number of nitrogens with zero attached hydrogens (tertiary/aromatic N) is 4. The van der Waals surface area contributed by atoms with Gasteiger partial charge in [0.05, 0.1) is 11.6 Å². The summed E-state index contributed by atoms with van der Waals surface area (Å²) in [4.78, 5) is 4.72. The van der Waals surface area contributed by atoms with Gasteiger partial charge in [-0.2, -0.15) is 5.10 Å². The third kappa shape index (κ3) is 2.06. The molecule has 0 spiro atoms. The molecule has 0 unspecified atom stereocenters. The maximum Gasteiger partial charge on any atom is 0.159 e. The topological polar surface area (TPSA) is 35.6 Å². The van der Waals surface area contributed by atoms with E-state index in [0.717, 1.165) is 23.6 Å². The Balaban J connectivity index is 2.18. The molecule has 104 valence electrons. The van der Waals surface area contributed by atoms with E-state index in [1.165, 1.54) is 37.8 Å². The van der Waals surface area contributed by atoms with Crippen LogP contribution in [0.25, 0.3) is 11.2 Å². The first-order chi connectivity index (χ1) is 9.26. The van der Waals surface area contributed by atoms with E-state index in [4.69, 9.17) is 16.6 Å². The largest absolute Gasteiger partial charge is 0.309 e. The van der Waals surface area contributed by atoms with Crippen molar-refractivity contribution < 1.29 is 0 Å². The maximum atomic E-state index is 6.11. The van der Waals surface area contributed by atoms with Gasteiger partial charge in [0.25, 0.3) is 0 Å². The fraction of sp³-hybridized carbons (Fsp3) is 0.714. The Morgan fingerprint density at radius 1 is 1.26 bits per heavy atom. The molecule has 2 heterocycles. The quantitative estimate of drug-likeness (QED) is 0.802. The van der Waals surface area contributed by atoms with Gasteiger partial charge in [0.15, 0.2) is 5.65 Å². The molecule has 0 atom stereocenters. The van der Waals surface area contributed by atoms with E-state index in [-0.39, 0.29) is 0 Å². The second-order valence-electron chi connectivity index (χ2n) is 5.40. The molecular weight excluding hydrogens is 260 g/mol. The Kier molecular flexibility index (Phi) is 3.52. The van der Waals surface area contributed by atoms with Gasteiger partial charge in [-0.25, -0.2) is 9.67 Å². The number of aromatic nitrogens is 4. The van der Waals surface area contributed by atoms with E-state index in [1.807, 2.05) is 6.92 Å². The van der Waals surface area contributed by atoms with E-state index < -0.39 is 0 Å². The zero-order chi connectivity index (χ0) is 13.4. The summed E-state index contributed by atoms with van der Waals surface area (Å²) in [6.07, 6.45) is 6.46. The van der Waals surface area contributed by atoms with Crippen LogP contribution < -0.4 is 0 Å². The van der Waals surface area contributed by atoms with Crippen molar-refractivity contribution in [2.45, 2.75) is 64.4 Å². The zero-order valence-corrected chi connectivity index (χ0v) is 12.4. The summed E-state index contributed by atoms with van der Waals surface area (Å²) in [6.45, 7) is 5.04. The van der Waals surface area contributed by atoms with Crippen molar-refractivity contribution >= 4 is 22.8 Å². The van der Waals surface area contributed by atoms with Crippen LogP contribution in [-0.4, -0.2) is 19.3 Å². The van der Waals surface area contributed by atoms with Crippen LogP contribution in [0.1, 0.15) is 56.6 Å². The molecule has 0 bridgehead atoms. The number of fused-ring (bicyclic) bond motifs is 1. The minimum Gasteiger partial charge on any atom is -0.309 e. The molecule has 1 aliphatic rings. The summed E-state index contributed by atoms with van der Waals surface area (Å²) in [5, 5.41) is 4.59. The van der Waals surface area contributed by atoms with E-state index in [1.54, 1.807) is 0 Å². The lowest BCUT2D eigenvalue weighted by molar-refractivity contribution is 0.350. The fourth-order valence-corrected chi connectivity index (χ4v) is 3.46. The molecule has 0 radical (unpaired) electrons. The molecule has 19 heavy (non-hydrogen) atoms. The van der Waals surface area contributed by atoms with E-state index >= 15 is 0 Å². The molecular formula is C14H21ClN4. The van der Waals surface area contributed by atoms with Crippen molar-refractivity contribution in [3.8, 4) is 0 Å². The highest BCUT2D eigenvalue weighted by molar-refractivity contribution is 6.16. The fourth-order valence-electron chi connectivity index (χ4n) is 3.27. The van der Waals surface area contributed by atoms with E-state index in [9.17, 15) is 0 Å². The van der Waals surface area contributed by atoms with Crippen LogP contribution in [-0.2, 0) is 12.4 Å². The molecule has 2 aromatic rings. The van der Waals surface area contributed by atoms with Crippen molar-refractivity contribution in [2.24, 2.45) is 0 Å². The number of halogens is 1. The molecule has 1 aliphatic carbocycles. The first-order valence-corrected chi connectivity index (χ1v) is 7.80. The minimum absolute atomic E-state index is 0.480. The van der Waals surface area contributed by atoms with Gasteiger partial charge in [0.2, 0.25) is 0 Å². The summed E-state index contributed by atoms with van der Waals surface area (Å²) < 4.78 is 4.44. The monoisotopic (exact) mass is 280 g/mol. The van der Waals surface area contributed by atoms with E-state index in [0.29, 0.717) is 11.9 Å². The van der Waals surface area contributed by atoms with Crippen LogP contribution >= 0.6 is 11.6 Å². The molecule has 1 saturated carbocycles. The average Bonchev–Trinajstić information content (AvgIpc) is 2.97. The highest BCUT2D eigenvalue weighted by Gasteiger charge is 2.24. The summed E-state index contributed by atoms with van der Waals surface area (Å²) in [6, 6.07) is 0.550. The number of imidazole rings is 1. The van der Waals surface area contributed by atoms with Crippen molar-refractivity contribution in [1.82, 2.24) is 19.3 Å². The van der Waals surface area contributed by atoms with Crippen LogP contribution in [0.3, 0.4) is 0 Å². The number of rotatable bonds is 3. The van der Waals surface area contributed by atoms with Crippen LogP contribution in [0.4, 0.5) is 0 Å². The van der Waals surface area contributed by atoms with Crippen molar-refractivity contribution in [3.05, 3.63) is 11.5 Å². The Hall–Kier alpha value is -1.03. The smallest absolute Gasteiger partial charge is 0.159 e. The van der Waals surface area contributed by atoms with Gasteiger partial charge < -0.3 is 4.57 Å². The molecule has 0 aromatic carbocycles. The zero-order valence-electron chi connectivity index (χ0n) is 11.7. The molecule has 3 rings (SSSR count).